The Morgan fingerprint density at radius 2 is 2.12 bits per heavy atom. The van der Waals surface area contributed by atoms with E-state index in [1.807, 2.05) is 24.3 Å². The molecular formula is C13H15NO3. The molecule has 4 nitrogen and oxygen atoms in total. The van der Waals surface area contributed by atoms with Crippen LogP contribution >= 0.6 is 0 Å². The molecule has 1 rings (SSSR count). The number of rotatable bonds is 4. The molecular weight excluding hydrogens is 218 g/mol. The highest BCUT2D eigenvalue weighted by atomic mass is 16.5. The van der Waals surface area contributed by atoms with Crippen molar-refractivity contribution in [2.24, 2.45) is 0 Å². The Bertz CT molecular complexity index is 415. The Kier molecular flexibility index (Phi) is 5.80. The molecule has 4 heteroatoms. The third kappa shape index (κ3) is 5.16. The molecule has 17 heavy (non-hydrogen) atoms. The Hall–Kier alpha value is -1.83. The average Bonchev–Trinajstić information content (AvgIpc) is 2.35. The van der Waals surface area contributed by atoms with Crippen molar-refractivity contribution in [3.63, 3.8) is 0 Å². The molecule has 0 radical (unpaired) electrons. The first-order chi connectivity index (χ1) is 8.26. The molecule has 0 aliphatic rings. The molecule has 0 heterocycles. The van der Waals surface area contributed by atoms with Gasteiger partial charge in [-0.3, -0.25) is 4.79 Å². The van der Waals surface area contributed by atoms with Crippen LogP contribution in [0.5, 0.6) is 0 Å². The van der Waals surface area contributed by atoms with Crippen LogP contribution in [0.25, 0.3) is 0 Å². The second kappa shape index (κ2) is 7.44. The maximum absolute atomic E-state index is 11.1. The normalized spacial score (nSPS) is 9.29. The zero-order valence-corrected chi connectivity index (χ0v) is 9.69. The number of ether oxygens (including phenoxy) is 1. The molecule has 0 aliphatic heterocycles. The summed E-state index contributed by atoms with van der Waals surface area (Å²) >= 11 is 0. The molecule has 2 N–H and O–H groups in total. The average molecular weight is 233 g/mol. The van der Waals surface area contributed by atoms with Gasteiger partial charge in [0, 0.05) is 19.2 Å². The predicted molar refractivity (Wildman–Crippen MR) is 64.1 cm³/mol. The van der Waals surface area contributed by atoms with E-state index >= 15 is 0 Å². The quantitative estimate of drug-likeness (QED) is 0.735. The van der Waals surface area contributed by atoms with Crippen LogP contribution in [0, 0.1) is 11.8 Å². The molecule has 0 bridgehead atoms. The van der Waals surface area contributed by atoms with Crippen molar-refractivity contribution >= 4 is 5.91 Å². The monoisotopic (exact) mass is 233 g/mol. The summed E-state index contributed by atoms with van der Waals surface area (Å²) in [7, 11) is 1.48. The molecule has 0 saturated heterocycles. The van der Waals surface area contributed by atoms with E-state index in [9.17, 15) is 4.79 Å². The minimum absolute atomic E-state index is 0.0695. The second-order valence-corrected chi connectivity index (χ2v) is 3.37. The largest absolute Gasteiger partial charge is 0.384 e. The number of benzene rings is 1. The van der Waals surface area contributed by atoms with Crippen LogP contribution in [0.3, 0.4) is 0 Å². The Labute approximate surface area is 101 Å². The van der Waals surface area contributed by atoms with Crippen molar-refractivity contribution in [1.82, 2.24) is 5.32 Å². The first kappa shape index (κ1) is 13.2. The summed E-state index contributed by atoms with van der Waals surface area (Å²) in [6.45, 7) is 0.394. The van der Waals surface area contributed by atoms with Crippen LogP contribution < -0.4 is 5.32 Å². The van der Waals surface area contributed by atoms with E-state index in [-0.39, 0.29) is 19.1 Å². The smallest absolute Gasteiger partial charge is 0.246 e. The molecule has 1 aromatic carbocycles. The topological polar surface area (TPSA) is 58.6 Å². The molecule has 0 atom stereocenters. The van der Waals surface area contributed by atoms with E-state index in [1.54, 1.807) is 0 Å². The lowest BCUT2D eigenvalue weighted by Gasteiger charge is -2.04. The molecule has 0 fully saturated rings. The molecule has 0 spiro atoms. The van der Waals surface area contributed by atoms with Gasteiger partial charge in [0.25, 0.3) is 0 Å². The van der Waals surface area contributed by atoms with Crippen LogP contribution in [0.1, 0.15) is 11.1 Å². The molecule has 0 saturated carbocycles. The predicted octanol–water partition coefficient (Wildman–Crippen LogP) is 0.293. The highest BCUT2D eigenvalue weighted by Gasteiger charge is 1.99. The fourth-order valence-corrected chi connectivity index (χ4v) is 1.23. The minimum atomic E-state index is -0.144. The standard InChI is InChI=1S/C13H15NO3/c1-17-10-13(16)14-9-12-6-4-11(5-7-12)3-2-8-15/h4-7,15H,8-10H2,1H3,(H,14,16). The van der Waals surface area contributed by atoms with Gasteiger partial charge >= 0.3 is 0 Å². The number of methoxy groups -OCH3 is 1. The number of aliphatic hydroxyl groups excluding tert-OH is 1. The van der Waals surface area contributed by atoms with Gasteiger partial charge in [-0.05, 0) is 17.7 Å². The number of carbonyl (C=O) groups is 1. The van der Waals surface area contributed by atoms with Crippen LogP contribution in [0.15, 0.2) is 24.3 Å². The van der Waals surface area contributed by atoms with Crippen molar-refractivity contribution in [3.8, 4) is 11.8 Å². The van der Waals surface area contributed by atoms with E-state index in [0.29, 0.717) is 6.54 Å². The lowest BCUT2D eigenvalue weighted by atomic mass is 10.1. The molecule has 1 aromatic rings. The lowest BCUT2D eigenvalue weighted by molar-refractivity contribution is -0.124. The zero-order valence-electron chi connectivity index (χ0n) is 9.69. The van der Waals surface area contributed by atoms with E-state index in [2.05, 4.69) is 17.2 Å². The van der Waals surface area contributed by atoms with Crippen LogP contribution in [-0.4, -0.2) is 31.3 Å². The maximum Gasteiger partial charge on any atom is 0.246 e. The molecule has 0 aliphatic carbocycles. The van der Waals surface area contributed by atoms with Gasteiger partial charge in [-0.25, -0.2) is 0 Å². The summed E-state index contributed by atoms with van der Waals surface area (Å²) in [5.74, 6) is 5.23. The highest BCUT2D eigenvalue weighted by Crippen LogP contribution is 2.02. The van der Waals surface area contributed by atoms with Crippen LogP contribution in [-0.2, 0) is 16.1 Å². The van der Waals surface area contributed by atoms with E-state index in [0.717, 1.165) is 11.1 Å². The van der Waals surface area contributed by atoms with E-state index < -0.39 is 0 Å². The number of hydrogen-bond donors (Lipinski definition) is 2. The summed E-state index contributed by atoms with van der Waals surface area (Å²) in [4.78, 5) is 11.1. The number of amides is 1. The van der Waals surface area contributed by atoms with Gasteiger partial charge < -0.3 is 15.2 Å². The van der Waals surface area contributed by atoms with Gasteiger partial charge in [0.15, 0.2) is 0 Å². The zero-order chi connectivity index (χ0) is 12.5. The number of carbonyl (C=O) groups excluding carboxylic acids is 1. The Morgan fingerprint density at radius 1 is 1.41 bits per heavy atom. The summed E-state index contributed by atoms with van der Waals surface area (Å²) in [6.07, 6.45) is 0. The van der Waals surface area contributed by atoms with Crippen molar-refractivity contribution < 1.29 is 14.6 Å². The Morgan fingerprint density at radius 3 is 2.71 bits per heavy atom. The fourth-order valence-electron chi connectivity index (χ4n) is 1.23. The SMILES string of the molecule is COCC(=O)NCc1ccc(C#CCO)cc1. The third-order valence-corrected chi connectivity index (χ3v) is 2.03. The van der Waals surface area contributed by atoms with Gasteiger partial charge in [0.2, 0.25) is 5.91 Å². The number of aliphatic hydroxyl groups is 1. The van der Waals surface area contributed by atoms with Crippen molar-refractivity contribution in [3.05, 3.63) is 35.4 Å². The molecule has 90 valence electrons. The van der Waals surface area contributed by atoms with Crippen molar-refractivity contribution in [2.75, 3.05) is 20.3 Å². The second-order valence-electron chi connectivity index (χ2n) is 3.37. The van der Waals surface area contributed by atoms with Crippen molar-refractivity contribution in [1.29, 1.82) is 0 Å². The molecule has 0 unspecified atom stereocenters. The van der Waals surface area contributed by atoms with Crippen LogP contribution in [0.4, 0.5) is 0 Å². The van der Waals surface area contributed by atoms with Gasteiger partial charge in [-0.15, -0.1) is 0 Å². The maximum atomic E-state index is 11.1. The summed E-state index contributed by atoms with van der Waals surface area (Å²) in [6, 6.07) is 7.46. The Balaban J connectivity index is 2.48. The van der Waals surface area contributed by atoms with Crippen molar-refractivity contribution in [2.45, 2.75) is 6.54 Å². The lowest BCUT2D eigenvalue weighted by Crippen LogP contribution is -2.26. The third-order valence-electron chi connectivity index (χ3n) is 2.03. The molecule has 0 aromatic heterocycles. The van der Waals surface area contributed by atoms with Gasteiger partial charge in [-0.1, -0.05) is 24.0 Å². The summed E-state index contributed by atoms with van der Waals surface area (Å²) in [5.41, 5.74) is 1.83. The van der Waals surface area contributed by atoms with Crippen LogP contribution in [0.2, 0.25) is 0 Å². The fraction of sp³-hybridized carbons (Fsp3) is 0.308. The van der Waals surface area contributed by atoms with Gasteiger partial charge in [0.05, 0.1) is 0 Å². The van der Waals surface area contributed by atoms with Gasteiger partial charge in [0.1, 0.15) is 13.2 Å². The van der Waals surface area contributed by atoms with E-state index in [4.69, 9.17) is 9.84 Å². The highest BCUT2D eigenvalue weighted by molar-refractivity contribution is 5.77. The summed E-state index contributed by atoms with van der Waals surface area (Å²) in [5, 5.41) is 11.3. The van der Waals surface area contributed by atoms with E-state index in [1.165, 1.54) is 7.11 Å². The number of nitrogens with one attached hydrogen (secondary N) is 1. The number of hydrogen-bond acceptors (Lipinski definition) is 3. The first-order valence-corrected chi connectivity index (χ1v) is 5.20. The summed E-state index contributed by atoms with van der Waals surface area (Å²) < 4.78 is 4.70. The molecule has 1 amide bonds. The first-order valence-electron chi connectivity index (χ1n) is 5.20. The minimum Gasteiger partial charge on any atom is -0.384 e. The van der Waals surface area contributed by atoms with Gasteiger partial charge in [-0.2, -0.15) is 0 Å².